The molecule has 9 nitrogen and oxygen atoms in total. The van der Waals surface area contributed by atoms with Crippen LogP contribution in [0.3, 0.4) is 0 Å². The first-order valence-corrected chi connectivity index (χ1v) is 9.17. The molecule has 0 aliphatic carbocycles. The number of rotatable bonds is 4. The molecule has 2 saturated heterocycles. The first-order chi connectivity index (χ1) is 13.6. The van der Waals surface area contributed by atoms with Gasteiger partial charge in [0, 0.05) is 24.4 Å². The van der Waals surface area contributed by atoms with Crippen molar-refractivity contribution in [2.24, 2.45) is 0 Å². The zero-order valence-corrected chi connectivity index (χ0v) is 15.3. The number of aromatic amines is 1. The van der Waals surface area contributed by atoms with Crippen LogP contribution in [0.25, 0.3) is 0 Å². The number of benzene rings is 1. The minimum Gasteiger partial charge on any atom is -0.387 e. The van der Waals surface area contributed by atoms with Gasteiger partial charge in [-0.15, -0.1) is 0 Å². The highest BCUT2D eigenvalue weighted by Crippen LogP contribution is 2.37. The average molecular weight is 390 g/mol. The highest BCUT2D eigenvalue weighted by atomic mass is 16.7. The Morgan fingerprint density at radius 2 is 2.00 bits per heavy atom. The molecule has 0 radical (unpaired) electrons. The maximum Gasteiger partial charge on any atom is 0.330 e. The van der Waals surface area contributed by atoms with Gasteiger partial charge in [-0.25, -0.2) is 4.79 Å². The number of aromatic nitrogens is 2. The number of ether oxygens (including phenoxy) is 4. The Labute approximate surface area is 160 Å². The van der Waals surface area contributed by atoms with Crippen LogP contribution in [0.5, 0.6) is 0 Å². The Balaban J connectivity index is 1.61. The van der Waals surface area contributed by atoms with Gasteiger partial charge in [-0.3, -0.25) is 14.3 Å². The number of fused-ring (bicyclic) bond motifs is 1. The molecule has 4 rings (SSSR count). The van der Waals surface area contributed by atoms with E-state index in [1.165, 1.54) is 16.8 Å². The summed E-state index contributed by atoms with van der Waals surface area (Å²) in [5.74, 6) is 0. The van der Waals surface area contributed by atoms with Gasteiger partial charge in [-0.05, 0) is 6.92 Å². The van der Waals surface area contributed by atoms with Crippen molar-refractivity contribution in [3.63, 3.8) is 0 Å². The van der Waals surface area contributed by atoms with Crippen LogP contribution in [0.4, 0.5) is 0 Å². The van der Waals surface area contributed by atoms with Crippen LogP contribution in [0.15, 0.2) is 52.2 Å². The van der Waals surface area contributed by atoms with Crippen molar-refractivity contribution in [1.82, 2.24) is 9.55 Å². The maximum absolute atomic E-state index is 12.2. The summed E-state index contributed by atoms with van der Waals surface area (Å²) in [7, 11) is 0. The van der Waals surface area contributed by atoms with E-state index in [-0.39, 0.29) is 6.61 Å². The van der Waals surface area contributed by atoms with E-state index in [0.29, 0.717) is 6.61 Å². The predicted octanol–water partition coefficient (Wildman–Crippen LogP) is 0.314. The van der Waals surface area contributed by atoms with Gasteiger partial charge in [-0.2, -0.15) is 0 Å². The second kappa shape index (κ2) is 7.98. The Morgan fingerprint density at radius 1 is 1.21 bits per heavy atom. The first-order valence-electron chi connectivity index (χ1n) is 9.17. The summed E-state index contributed by atoms with van der Waals surface area (Å²) in [6.07, 6.45) is -3.44. The molecule has 0 saturated carbocycles. The van der Waals surface area contributed by atoms with Crippen molar-refractivity contribution >= 4 is 0 Å². The molecule has 0 bridgehead atoms. The molecule has 2 aliphatic heterocycles. The van der Waals surface area contributed by atoms with E-state index < -0.39 is 48.2 Å². The smallest absolute Gasteiger partial charge is 0.330 e. The van der Waals surface area contributed by atoms with E-state index in [2.05, 4.69) is 4.98 Å². The van der Waals surface area contributed by atoms with Gasteiger partial charge < -0.3 is 24.1 Å². The molecular weight excluding hydrogens is 368 g/mol. The standard InChI is InChI=1S/C19H22N2O7/c1-2-25-16-14(23)15-12(10-26-18(28-15)11-6-4-3-5-7-11)27-17(16)21-9-8-13(22)20-19(21)24/h3-9,12,14-18,23H,2,10H2,1H3,(H,20,22,24). The Hall–Kier alpha value is -2.30. The molecule has 28 heavy (non-hydrogen) atoms. The largest absolute Gasteiger partial charge is 0.387 e. The summed E-state index contributed by atoms with van der Waals surface area (Å²) >= 11 is 0. The van der Waals surface area contributed by atoms with Crippen LogP contribution in [0, 0.1) is 0 Å². The Morgan fingerprint density at radius 3 is 2.71 bits per heavy atom. The monoisotopic (exact) mass is 390 g/mol. The van der Waals surface area contributed by atoms with Gasteiger partial charge in [0.05, 0.1) is 6.61 Å². The summed E-state index contributed by atoms with van der Waals surface area (Å²) in [5, 5.41) is 11.0. The van der Waals surface area contributed by atoms with Crippen LogP contribution >= 0.6 is 0 Å². The molecule has 2 fully saturated rings. The van der Waals surface area contributed by atoms with Gasteiger partial charge in [0.25, 0.3) is 5.56 Å². The molecule has 0 spiro atoms. The molecule has 2 N–H and O–H groups in total. The topological polar surface area (TPSA) is 112 Å². The number of nitrogens with zero attached hydrogens (tertiary/aromatic N) is 1. The van der Waals surface area contributed by atoms with Gasteiger partial charge in [-0.1, -0.05) is 30.3 Å². The average Bonchev–Trinajstić information content (AvgIpc) is 2.71. The molecule has 1 aromatic heterocycles. The third-order valence-electron chi connectivity index (χ3n) is 4.88. The van der Waals surface area contributed by atoms with Crippen molar-refractivity contribution in [3.8, 4) is 0 Å². The van der Waals surface area contributed by atoms with Crippen molar-refractivity contribution in [3.05, 3.63) is 69.0 Å². The Kier molecular flexibility index (Phi) is 5.42. The number of aliphatic hydroxyl groups is 1. The lowest BCUT2D eigenvalue weighted by Crippen LogP contribution is -2.61. The van der Waals surface area contributed by atoms with E-state index in [0.717, 1.165) is 5.56 Å². The van der Waals surface area contributed by atoms with Crippen LogP contribution in [0.2, 0.25) is 0 Å². The molecule has 2 aromatic rings. The zero-order valence-electron chi connectivity index (χ0n) is 15.3. The lowest BCUT2D eigenvalue weighted by Gasteiger charge is -2.47. The number of H-pyrrole nitrogens is 1. The molecule has 3 heterocycles. The number of aliphatic hydroxyl groups excluding tert-OH is 1. The van der Waals surface area contributed by atoms with Crippen molar-refractivity contribution in [2.45, 2.75) is 43.9 Å². The van der Waals surface area contributed by atoms with Crippen molar-refractivity contribution in [1.29, 1.82) is 0 Å². The molecule has 6 unspecified atom stereocenters. The summed E-state index contributed by atoms with van der Waals surface area (Å²) < 4.78 is 24.7. The summed E-state index contributed by atoms with van der Waals surface area (Å²) in [4.78, 5) is 25.8. The van der Waals surface area contributed by atoms with Crippen LogP contribution < -0.4 is 11.2 Å². The third kappa shape index (κ3) is 3.54. The minimum atomic E-state index is -1.06. The maximum atomic E-state index is 12.2. The van der Waals surface area contributed by atoms with Gasteiger partial charge in [0.15, 0.2) is 12.5 Å². The van der Waals surface area contributed by atoms with Crippen molar-refractivity contribution < 1.29 is 24.1 Å². The summed E-state index contributed by atoms with van der Waals surface area (Å²) in [6, 6.07) is 10.6. The number of hydrogen-bond acceptors (Lipinski definition) is 7. The highest BCUT2D eigenvalue weighted by molar-refractivity contribution is 5.16. The Bertz CT molecular complexity index is 912. The highest BCUT2D eigenvalue weighted by Gasteiger charge is 2.50. The van der Waals surface area contributed by atoms with Crippen molar-refractivity contribution in [2.75, 3.05) is 13.2 Å². The molecule has 6 atom stereocenters. The van der Waals surface area contributed by atoms with Crippen LogP contribution in [0.1, 0.15) is 25.0 Å². The van der Waals surface area contributed by atoms with E-state index >= 15 is 0 Å². The van der Waals surface area contributed by atoms with E-state index in [4.69, 9.17) is 18.9 Å². The summed E-state index contributed by atoms with van der Waals surface area (Å²) in [6.45, 7) is 2.26. The normalized spacial score (nSPS) is 32.6. The third-order valence-corrected chi connectivity index (χ3v) is 4.88. The molecule has 9 heteroatoms. The molecule has 2 aliphatic rings. The first kappa shape index (κ1) is 19.0. The fraction of sp³-hybridized carbons (Fsp3) is 0.474. The van der Waals surface area contributed by atoms with E-state index in [1.54, 1.807) is 6.92 Å². The fourth-order valence-electron chi connectivity index (χ4n) is 3.59. The quantitative estimate of drug-likeness (QED) is 0.773. The van der Waals surface area contributed by atoms with E-state index in [1.807, 2.05) is 30.3 Å². The van der Waals surface area contributed by atoms with Crippen LogP contribution in [-0.2, 0) is 18.9 Å². The predicted molar refractivity (Wildman–Crippen MR) is 96.7 cm³/mol. The lowest BCUT2D eigenvalue weighted by molar-refractivity contribution is -0.343. The zero-order chi connectivity index (χ0) is 19.7. The van der Waals surface area contributed by atoms with E-state index in [9.17, 15) is 14.7 Å². The SMILES string of the molecule is CCOC1C(O)C2OC(c3ccccc3)OCC2OC1n1ccc(=O)[nH]c1=O. The second-order valence-electron chi connectivity index (χ2n) is 6.67. The van der Waals surface area contributed by atoms with Gasteiger partial charge >= 0.3 is 5.69 Å². The molecule has 1 aromatic carbocycles. The molecular formula is C19H22N2O7. The fourth-order valence-corrected chi connectivity index (χ4v) is 3.59. The molecule has 150 valence electrons. The molecule has 0 amide bonds. The summed E-state index contributed by atoms with van der Waals surface area (Å²) in [5.41, 5.74) is -0.328. The second-order valence-corrected chi connectivity index (χ2v) is 6.67. The van der Waals surface area contributed by atoms with Crippen LogP contribution in [-0.4, -0.2) is 52.3 Å². The lowest BCUT2D eigenvalue weighted by atomic mass is 9.96. The number of hydrogen-bond donors (Lipinski definition) is 2. The van der Waals surface area contributed by atoms with Gasteiger partial charge in [0.1, 0.15) is 24.4 Å². The van der Waals surface area contributed by atoms with Gasteiger partial charge in [0.2, 0.25) is 0 Å². The number of nitrogens with one attached hydrogen (secondary N) is 1. The minimum absolute atomic E-state index is 0.175.